The first-order valence-corrected chi connectivity index (χ1v) is 11.8. The fourth-order valence-corrected chi connectivity index (χ4v) is 4.18. The van der Waals surface area contributed by atoms with Gasteiger partial charge in [-0.1, -0.05) is 12.1 Å². The van der Waals surface area contributed by atoms with E-state index in [0.717, 1.165) is 12.3 Å². The van der Waals surface area contributed by atoms with Crippen molar-refractivity contribution in [2.45, 2.75) is 57.3 Å². The highest BCUT2D eigenvalue weighted by atomic mass is 19.2. The normalized spacial score (nSPS) is 14.2. The minimum absolute atomic E-state index is 0.0287. The Balaban J connectivity index is 1.76. The van der Waals surface area contributed by atoms with Crippen LogP contribution in [0.25, 0.3) is 10.9 Å². The maximum Gasteiger partial charge on any atom is 0.253 e. The summed E-state index contributed by atoms with van der Waals surface area (Å²) in [4.78, 5) is 28.8. The lowest BCUT2D eigenvalue weighted by molar-refractivity contribution is -0.122. The Bertz CT molecular complexity index is 1280. The summed E-state index contributed by atoms with van der Waals surface area (Å²) in [5.74, 6) is -4.68. The van der Waals surface area contributed by atoms with Gasteiger partial charge in [-0.05, 0) is 81.3 Å². The average Bonchev–Trinajstić information content (AvgIpc) is 2.82. The number of primary amides is 1. The number of halogens is 3. The molecule has 1 heterocycles. The molecule has 0 saturated carbocycles. The number of rotatable bonds is 11. The van der Waals surface area contributed by atoms with Gasteiger partial charge in [0.15, 0.2) is 11.6 Å². The topological polar surface area (TPSA) is 126 Å². The van der Waals surface area contributed by atoms with E-state index in [-0.39, 0.29) is 28.8 Å². The molecule has 0 fully saturated rings. The van der Waals surface area contributed by atoms with Crippen LogP contribution in [0, 0.1) is 23.4 Å². The standard InChI is InChI=1S/C27H30F3N3O4/c1-27(2,37)9-8-16(10-15-4-3-5-19(28)11-15)12-21(34)24(25(31)35)33-26(36)18-13-17-6-7-20(29)22(30)23(17)32-14-18/h3-7,11,13-14,16,21,24,34,37H,8-10,12H2,1-2H3,(H2,31,35)(H,33,36)/t16-,21+,24+/m1/s1. The first-order chi connectivity index (χ1) is 17.3. The highest BCUT2D eigenvalue weighted by Crippen LogP contribution is 2.25. The fraction of sp³-hybridized carbons (Fsp3) is 0.370. The number of pyridine rings is 1. The summed E-state index contributed by atoms with van der Waals surface area (Å²) in [5, 5.41) is 23.6. The molecule has 5 N–H and O–H groups in total. The molecule has 0 aliphatic carbocycles. The number of benzene rings is 2. The summed E-state index contributed by atoms with van der Waals surface area (Å²) < 4.78 is 41.0. The number of aliphatic hydroxyl groups is 2. The van der Waals surface area contributed by atoms with Crippen LogP contribution in [-0.2, 0) is 11.2 Å². The van der Waals surface area contributed by atoms with Gasteiger partial charge in [0.1, 0.15) is 17.4 Å². The quantitative estimate of drug-likeness (QED) is 0.310. The number of carbonyl (C=O) groups excluding carboxylic acids is 2. The average molecular weight is 518 g/mol. The van der Waals surface area contributed by atoms with Gasteiger partial charge in [-0.25, -0.2) is 13.2 Å². The molecule has 0 saturated heterocycles. The largest absolute Gasteiger partial charge is 0.390 e. The summed E-state index contributed by atoms with van der Waals surface area (Å²) in [6.45, 7) is 3.29. The van der Waals surface area contributed by atoms with Gasteiger partial charge in [0.2, 0.25) is 5.91 Å². The summed E-state index contributed by atoms with van der Waals surface area (Å²) in [6.07, 6.45) is 0.866. The van der Waals surface area contributed by atoms with E-state index in [9.17, 15) is 33.0 Å². The molecule has 0 bridgehead atoms. The van der Waals surface area contributed by atoms with Gasteiger partial charge >= 0.3 is 0 Å². The summed E-state index contributed by atoms with van der Waals surface area (Å²) in [6, 6.07) is 7.97. The van der Waals surface area contributed by atoms with Crippen LogP contribution in [0.4, 0.5) is 13.2 Å². The van der Waals surface area contributed by atoms with E-state index in [0.29, 0.717) is 24.8 Å². The van der Waals surface area contributed by atoms with Crippen molar-refractivity contribution in [3.8, 4) is 0 Å². The van der Waals surface area contributed by atoms with Crippen molar-refractivity contribution in [3.63, 3.8) is 0 Å². The molecule has 2 amide bonds. The number of nitrogens with two attached hydrogens (primary N) is 1. The molecular formula is C27H30F3N3O4. The van der Waals surface area contributed by atoms with E-state index < -0.39 is 47.0 Å². The Morgan fingerprint density at radius 1 is 1.14 bits per heavy atom. The molecular weight excluding hydrogens is 487 g/mol. The van der Waals surface area contributed by atoms with E-state index in [1.807, 2.05) is 0 Å². The molecule has 2 aromatic carbocycles. The van der Waals surface area contributed by atoms with E-state index in [4.69, 9.17) is 5.73 Å². The van der Waals surface area contributed by atoms with Gasteiger partial charge in [-0.15, -0.1) is 0 Å². The van der Waals surface area contributed by atoms with Crippen LogP contribution < -0.4 is 11.1 Å². The summed E-state index contributed by atoms with van der Waals surface area (Å²) in [5.41, 5.74) is 4.87. The van der Waals surface area contributed by atoms with E-state index in [1.54, 1.807) is 26.0 Å². The van der Waals surface area contributed by atoms with Gasteiger partial charge in [-0.2, -0.15) is 0 Å². The second kappa shape index (κ2) is 11.7. The maximum absolute atomic E-state index is 13.9. The smallest absolute Gasteiger partial charge is 0.253 e. The molecule has 3 rings (SSSR count). The molecule has 37 heavy (non-hydrogen) atoms. The van der Waals surface area contributed by atoms with Crippen molar-refractivity contribution < 1.29 is 33.0 Å². The number of nitrogens with one attached hydrogen (secondary N) is 1. The third-order valence-corrected chi connectivity index (χ3v) is 6.14. The zero-order valence-corrected chi connectivity index (χ0v) is 20.5. The molecule has 0 aliphatic heterocycles. The highest BCUT2D eigenvalue weighted by molar-refractivity contribution is 5.99. The second-order valence-corrected chi connectivity index (χ2v) is 9.86. The lowest BCUT2D eigenvalue weighted by atomic mass is 9.85. The summed E-state index contributed by atoms with van der Waals surface area (Å²) in [7, 11) is 0. The first-order valence-electron chi connectivity index (χ1n) is 11.8. The third-order valence-electron chi connectivity index (χ3n) is 6.14. The third kappa shape index (κ3) is 7.74. The SMILES string of the molecule is CC(C)(O)CC[C@H](Cc1cccc(F)c1)C[C@H](O)[C@H](NC(=O)c1cnc2c(F)c(F)ccc2c1)C(N)=O. The Morgan fingerprint density at radius 2 is 1.86 bits per heavy atom. The maximum atomic E-state index is 13.9. The predicted molar refractivity (Wildman–Crippen MR) is 132 cm³/mol. The molecule has 0 unspecified atom stereocenters. The van der Waals surface area contributed by atoms with Crippen molar-refractivity contribution >= 4 is 22.7 Å². The van der Waals surface area contributed by atoms with Crippen LogP contribution >= 0.6 is 0 Å². The summed E-state index contributed by atoms with van der Waals surface area (Å²) >= 11 is 0. The zero-order chi connectivity index (χ0) is 27.3. The van der Waals surface area contributed by atoms with Crippen molar-refractivity contribution in [2.24, 2.45) is 11.7 Å². The van der Waals surface area contributed by atoms with E-state index in [1.165, 1.54) is 24.3 Å². The number of amides is 2. The number of carbonyl (C=O) groups is 2. The molecule has 10 heteroatoms. The van der Waals surface area contributed by atoms with Crippen molar-refractivity contribution in [2.75, 3.05) is 0 Å². The van der Waals surface area contributed by atoms with Crippen molar-refractivity contribution in [1.82, 2.24) is 10.3 Å². The number of nitrogens with zero attached hydrogens (tertiary/aromatic N) is 1. The van der Waals surface area contributed by atoms with Gasteiger partial charge in [0.25, 0.3) is 5.91 Å². The Kier molecular flexibility index (Phi) is 8.88. The minimum atomic E-state index is -1.47. The zero-order valence-electron chi connectivity index (χ0n) is 20.5. The van der Waals surface area contributed by atoms with Crippen molar-refractivity contribution in [1.29, 1.82) is 0 Å². The second-order valence-electron chi connectivity index (χ2n) is 9.86. The van der Waals surface area contributed by atoms with E-state index in [2.05, 4.69) is 10.3 Å². The predicted octanol–water partition coefficient (Wildman–Crippen LogP) is 3.40. The monoisotopic (exact) mass is 517 g/mol. The number of aliphatic hydroxyl groups excluding tert-OH is 1. The highest BCUT2D eigenvalue weighted by Gasteiger charge is 2.30. The lowest BCUT2D eigenvalue weighted by Crippen LogP contribution is -2.52. The number of hydrogen-bond donors (Lipinski definition) is 4. The van der Waals surface area contributed by atoms with Crippen LogP contribution in [0.15, 0.2) is 48.7 Å². The van der Waals surface area contributed by atoms with Gasteiger partial charge in [-0.3, -0.25) is 14.6 Å². The molecule has 0 aliphatic rings. The Hall–Kier alpha value is -3.50. The van der Waals surface area contributed by atoms with Crippen LogP contribution in [0.3, 0.4) is 0 Å². The minimum Gasteiger partial charge on any atom is -0.390 e. The molecule has 198 valence electrons. The molecule has 3 atom stereocenters. The molecule has 1 aromatic heterocycles. The van der Waals surface area contributed by atoms with Gasteiger partial charge < -0.3 is 21.3 Å². The molecule has 0 radical (unpaired) electrons. The van der Waals surface area contributed by atoms with Crippen LogP contribution in [0.1, 0.15) is 49.0 Å². The molecule has 0 spiro atoms. The van der Waals surface area contributed by atoms with Crippen LogP contribution in [0.5, 0.6) is 0 Å². The van der Waals surface area contributed by atoms with Gasteiger partial charge in [0.05, 0.1) is 17.3 Å². The lowest BCUT2D eigenvalue weighted by Gasteiger charge is -2.27. The van der Waals surface area contributed by atoms with Crippen LogP contribution in [0.2, 0.25) is 0 Å². The first kappa shape index (κ1) is 28.1. The number of hydrogen-bond acceptors (Lipinski definition) is 5. The van der Waals surface area contributed by atoms with Crippen molar-refractivity contribution in [3.05, 3.63) is 77.2 Å². The fourth-order valence-electron chi connectivity index (χ4n) is 4.18. The number of aromatic nitrogens is 1. The molecule has 7 nitrogen and oxygen atoms in total. The van der Waals surface area contributed by atoms with Gasteiger partial charge in [0, 0.05) is 11.6 Å². The Labute approximate surface area is 212 Å². The van der Waals surface area contributed by atoms with E-state index >= 15 is 0 Å². The number of fused-ring (bicyclic) bond motifs is 1. The molecule has 3 aromatic rings. The Morgan fingerprint density at radius 3 is 2.51 bits per heavy atom. The van der Waals surface area contributed by atoms with Crippen LogP contribution in [-0.4, -0.2) is 44.8 Å².